The maximum absolute atomic E-state index is 14.8. The third-order valence-corrected chi connectivity index (χ3v) is 8.63. The molecule has 5 rings (SSSR count). The molecule has 9 heteroatoms. The zero-order valence-corrected chi connectivity index (χ0v) is 24.4. The van der Waals surface area contributed by atoms with E-state index in [1.807, 2.05) is 31.7 Å². The maximum Gasteiger partial charge on any atom is 0.256 e. The van der Waals surface area contributed by atoms with Crippen LogP contribution in [-0.4, -0.2) is 78.3 Å². The van der Waals surface area contributed by atoms with Crippen LogP contribution in [0.1, 0.15) is 56.8 Å². The number of piperazine rings is 1. The molecule has 3 heterocycles. The highest BCUT2D eigenvalue weighted by Crippen LogP contribution is 2.37. The van der Waals surface area contributed by atoms with Gasteiger partial charge in [0.05, 0.1) is 17.3 Å². The van der Waals surface area contributed by atoms with E-state index < -0.39 is 18.1 Å². The van der Waals surface area contributed by atoms with Gasteiger partial charge < -0.3 is 25.1 Å². The van der Waals surface area contributed by atoms with Crippen molar-refractivity contribution in [2.24, 2.45) is 11.3 Å². The van der Waals surface area contributed by atoms with Crippen LogP contribution in [0.15, 0.2) is 36.4 Å². The number of amides is 2. The Hall–Kier alpha value is -2.68. The standard InChI is InChI=1S/C31H40ClFN4O3/c1-31(2,3)18-28(38)35-14-15-37-27(19-35)30(40)36(13-10-20-8-11-34-12-9-20)26-7-4-21(16-24(26)29(37)39)23-6-5-22(32)17-25(23)33/h4-7,16-17,20,27,30,34,40H,8-15,18-19H2,1-3H3/t27-,30?/m1/s1. The molecule has 2 fully saturated rings. The molecule has 0 bridgehead atoms. The number of aliphatic hydroxyl groups excluding tert-OH is 1. The molecule has 2 atom stereocenters. The normalized spacial score (nSPS) is 22.1. The maximum atomic E-state index is 14.8. The first-order valence-electron chi connectivity index (χ1n) is 14.4. The fourth-order valence-corrected chi connectivity index (χ4v) is 6.37. The van der Waals surface area contributed by atoms with E-state index in [-0.39, 0.29) is 23.8 Å². The Kier molecular flexibility index (Phi) is 8.41. The van der Waals surface area contributed by atoms with E-state index in [2.05, 4.69) is 5.32 Å². The van der Waals surface area contributed by atoms with Crippen LogP contribution < -0.4 is 10.2 Å². The largest absolute Gasteiger partial charge is 0.371 e. The summed E-state index contributed by atoms with van der Waals surface area (Å²) in [5.41, 5.74) is 1.86. The van der Waals surface area contributed by atoms with E-state index in [1.165, 1.54) is 6.07 Å². The number of anilines is 1. The van der Waals surface area contributed by atoms with Crippen LogP contribution >= 0.6 is 11.6 Å². The Bertz CT molecular complexity index is 1260. The van der Waals surface area contributed by atoms with Gasteiger partial charge in [0, 0.05) is 43.2 Å². The zero-order chi connectivity index (χ0) is 28.6. The van der Waals surface area contributed by atoms with Crippen LogP contribution in [0.4, 0.5) is 10.1 Å². The minimum absolute atomic E-state index is 0.0373. The predicted molar refractivity (Wildman–Crippen MR) is 156 cm³/mol. The quantitative estimate of drug-likeness (QED) is 0.542. The van der Waals surface area contributed by atoms with Crippen molar-refractivity contribution in [1.82, 2.24) is 15.1 Å². The molecule has 7 nitrogen and oxygen atoms in total. The van der Waals surface area contributed by atoms with Crippen molar-refractivity contribution in [2.75, 3.05) is 44.2 Å². The Labute approximate surface area is 241 Å². The summed E-state index contributed by atoms with van der Waals surface area (Å²) in [5, 5.41) is 15.5. The molecule has 2 aromatic carbocycles. The monoisotopic (exact) mass is 570 g/mol. The van der Waals surface area contributed by atoms with Gasteiger partial charge in [-0.25, -0.2) is 4.39 Å². The summed E-state index contributed by atoms with van der Waals surface area (Å²) < 4.78 is 14.8. The van der Waals surface area contributed by atoms with E-state index in [4.69, 9.17) is 11.6 Å². The van der Waals surface area contributed by atoms with Gasteiger partial charge in [0.15, 0.2) is 0 Å². The number of fused-ring (bicyclic) bond motifs is 2. The SMILES string of the molecule is CC(C)(C)CC(=O)N1CCN2C(=O)c3cc(-c4ccc(Cl)cc4F)ccc3N(CCC3CCNCC3)C(O)[C@H]2C1. The van der Waals surface area contributed by atoms with Gasteiger partial charge in [-0.3, -0.25) is 9.59 Å². The Morgan fingerprint density at radius 3 is 2.55 bits per heavy atom. The van der Waals surface area contributed by atoms with Crippen molar-refractivity contribution in [1.29, 1.82) is 0 Å². The van der Waals surface area contributed by atoms with Crippen LogP contribution in [0, 0.1) is 17.2 Å². The second kappa shape index (κ2) is 11.7. The lowest BCUT2D eigenvalue weighted by atomic mass is 9.91. The lowest BCUT2D eigenvalue weighted by Crippen LogP contribution is -2.62. The molecule has 0 aromatic heterocycles. The topological polar surface area (TPSA) is 76.1 Å². The zero-order valence-electron chi connectivity index (χ0n) is 23.6. The summed E-state index contributed by atoms with van der Waals surface area (Å²) in [4.78, 5) is 32.6. The third kappa shape index (κ3) is 6.14. The molecule has 2 amide bonds. The van der Waals surface area contributed by atoms with Gasteiger partial charge in [-0.2, -0.15) is 0 Å². The van der Waals surface area contributed by atoms with Crippen LogP contribution in [0.25, 0.3) is 11.1 Å². The van der Waals surface area contributed by atoms with E-state index in [0.717, 1.165) is 32.4 Å². The lowest BCUT2D eigenvalue weighted by molar-refractivity contribution is -0.136. The van der Waals surface area contributed by atoms with Crippen molar-refractivity contribution >= 4 is 29.1 Å². The van der Waals surface area contributed by atoms with Crippen molar-refractivity contribution in [2.45, 2.75) is 58.7 Å². The minimum atomic E-state index is -0.977. The molecular weight excluding hydrogens is 531 g/mol. The number of hydrogen-bond acceptors (Lipinski definition) is 5. The first-order valence-corrected chi connectivity index (χ1v) is 14.7. The van der Waals surface area contributed by atoms with Crippen LogP contribution in [-0.2, 0) is 4.79 Å². The molecule has 3 aliphatic heterocycles. The second-order valence-electron chi connectivity index (χ2n) is 12.6. The number of rotatable bonds is 5. The van der Waals surface area contributed by atoms with Crippen molar-refractivity contribution in [3.63, 3.8) is 0 Å². The molecule has 216 valence electrons. The summed E-state index contributed by atoms with van der Waals surface area (Å²) >= 11 is 5.98. The van der Waals surface area contributed by atoms with E-state index >= 15 is 0 Å². The van der Waals surface area contributed by atoms with Gasteiger partial charge in [0.2, 0.25) is 5.91 Å². The van der Waals surface area contributed by atoms with E-state index in [0.29, 0.717) is 59.4 Å². The van der Waals surface area contributed by atoms with Crippen LogP contribution in [0.5, 0.6) is 0 Å². The number of halogens is 2. The molecule has 2 N–H and O–H groups in total. The Balaban J connectivity index is 1.49. The number of piperidine rings is 1. The molecule has 40 heavy (non-hydrogen) atoms. The first-order chi connectivity index (χ1) is 19.0. The van der Waals surface area contributed by atoms with Gasteiger partial charge in [0.25, 0.3) is 5.91 Å². The number of carbonyl (C=O) groups is 2. The third-order valence-electron chi connectivity index (χ3n) is 8.39. The van der Waals surface area contributed by atoms with Crippen LogP contribution in [0.3, 0.4) is 0 Å². The molecular formula is C31H40ClFN4O3. The van der Waals surface area contributed by atoms with Crippen molar-refractivity contribution < 1.29 is 19.1 Å². The highest BCUT2D eigenvalue weighted by molar-refractivity contribution is 6.30. The van der Waals surface area contributed by atoms with E-state index in [9.17, 15) is 19.1 Å². The average Bonchev–Trinajstić information content (AvgIpc) is 3.00. The molecule has 3 aliphatic rings. The summed E-state index contributed by atoms with van der Waals surface area (Å²) in [7, 11) is 0. The minimum Gasteiger partial charge on any atom is -0.371 e. The molecule has 0 aliphatic carbocycles. The number of aliphatic hydroxyl groups is 1. The number of hydrogen-bond donors (Lipinski definition) is 2. The van der Waals surface area contributed by atoms with Crippen LogP contribution in [0.2, 0.25) is 5.02 Å². The van der Waals surface area contributed by atoms with Gasteiger partial charge in [-0.1, -0.05) is 38.4 Å². The lowest BCUT2D eigenvalue weighted by Gasteiger charge is -2.44. The van der Waals surface area contributed by atoms with Gasteiger partial charge >= 0.3 is 0 Å². The molecule has 1 unspecified atom stereocenters. The van der Waals surface area contributed by atoms with E-state index in [1.54, 1.807) is 34.1 Å². The highest BCUT2D eigenvalue weighted by atomic mass is 35.5. The molecule has 0 saturated carbocycles. The summed E-state index contributed by atoms with van der Waals surface area (Å²) in [6.45, 7) is 9.68. The summed E-state index contributed by atoms with van der Waals surface area (Å²) in [6.07, 6.45) is 2.47. The van der Waals surface area contributed by atoms with Gasteiger partial charge in [-0.15, -0.1) is 0 Å². The predicted octanol–water partition coefficient (Wildman–Crippen LogP) is 4.76. The number of carbonyl (C=O) groups excluding carboxylic acids is 2. The van der Waals surface area contributed by atoms with Crippen molar-refractivity contribution in [3.8, 4) is 11.1 Å². The number of nitrogens with zero attached hydrogens (tertiary/aromatic N) is 3. The summed E-state index contributed by atoms with van der Waals surface area (Å²) in [5.74, 6) is -0.0938. The van der Waals surface area contributed by atoms with Gasteiger partial charge in [-0.05, 0) is 79.6 Å². The molecule has 2 aromatic rings. The van der Waals surface area contributed by atoms with Crippen molar-refractivity contribution in [3.05, 3.63) is 52.8 Å². The second-order valence-corrected chi connectivity index (χ2v) is 13.0. The summed E-state index contributed by atoms with van der Waals surface area (Å²) in [6, 6.07) is 9.30. The Morgan fingerprint density at radius 1 is 1.10 bits per heavy atom. The fraction of sp³-hybridized carbons (Fsp3) is 0.548. The smallest absolute Gasteiger partial charge is 0.256 e. The fourth-order valence-electron chi connectivity index (χ4n) is 6.21. The highest BCUT2D eigenvalue weighted by Gasteiger charge is 2.43. The Morgan fingerprint density at radius 2 is 1.85 bits per heavy atom. The molecule has 0 radical (unpaired) electrons. The molecule has 0 spiro atoms. The molecule has 2 saturated heterocycles. The average molecular weight is 571 g/mol. The van der Waals surface area contributed by atoms with Gasteiger partial charge in [0.1, 0.15) is 12.0 Å². The number of benzene rings is 2. The number of nitrogens with one attached hydrogen (secondary N) is 1. The first kappa shape index (κ1) is 28.8.